The van der Waals surface area contributed by atoms with E-state index in [2.05, 4.69) is 19.9 Å². The second-order valence-corrected chi connectivity index (χ2v) is 41.8. The zero-order valence-electron chi connectivity index (χ0n) is 85.6. The van der Waals surface area contributed by atoms with E-state index >= 15 is 0 Å². The standard InChI is InChI=1S/C27H37FN2O6.C27H38N2O6.C26H35FN2O6.C25H33FN2O6/c1-7-8-21-23(25(32)33)29-24(17-9-11-18(28)12-10-17)30(21)14-13-19-15-20(35-27(5,6)34-19)16-22(31)36-26(2,3)4;1-17(2)23-22(25(31)32)28-24(18-11-9-8-10-12-18)29(23)14-13-19-15-20(34-27(6,7)33-19)16-21(30)35-26(3,4)5;1-7-20-22(24(31)32)28-23(16-8-10-17(27)11-9-16)29(20)13-12-18-14-19(34-26(5,6)33-18)15-21(30)35-25(2,3)4;1-15-21(23(30)31)27-22(16-7-9-17(26)10-8-16)28(15)12-11-18-13-19(33-25(5,6)32-18)14-20(29)34-24(2,3)4/h9-12,19-20H,7-8,13-16H2,1-6H3,(H,32,33);8-12,17,19-20H,13-16H2,1-7H3,(H,31,32);8-11,18-19H,7,12-15H2,1-6H3,(H,31,32);7-10,18-19H,11-14H2,1-6H3,(H,30,31)/t2*19-,20-;2*18-,19-/m1111/s1. The molecule has 0 unspecified atom stereocenters. The summed E-state index contributed by atoms with van der Waals surface area (Å²) >= 11 is 0. The monoisotopic (exact) mass is 1960 g/mol. The van der Waals surface area contributed by atoms with Crippen molar-refractivity contribution in [3.8, 4) is 45.6 Å². The first-order chi connectivity index (χ1) is 65.0. The Balaban J connectivity index is 0.000000209. The van der Waals surface area contributed by atoms with E-state index in [1.165, 1.54) is 36.4 Å². The number of aromatic nitrogens is 8. The van der Waals surface area contributed by atoms with Gasteiger partial charge in [0.05, 0.1) is 91.6 Å². The minimum atomic E-state index is -1.12. The van der Waals surface area contributed by atoms with Crippen LogP contribution in [-0.2, 0) is 115 Å². The largest absolute Gasteiger partial charge is 0.476 e. The Morgan fingerprint density at radius 2 is 0.614 bits per heavy atom. The first-order valence-corrected chi connectivity index (χ1v) is 48.0. The smallest absolute Gasteiger partial charge is 0.356 e. The predicted molar refractivity (Wildman–Crippen MR) is 515 cm³/mol. The van der Waals surface area contributed by atoms with Crippen LogP contribution in [0.25, 0.3) is 45.6 Å². The lowest BCUT2D eigenvalue weighted by atomic mass is 10.0. The van der Waals surface area contributed by atoms with Crippen molar-refractivity contribution in [2.75, 3.05) is 0 Å². The number of aromatic carboxylic acids is 4. The third kappa shape index (κ3) is 33.8. The summed E-state index contributed by atoms with van der Waals surface area (Å²) in [6.07, 6.45) is 4.29. The van der Waals surface area contributed by atoms with Gasteiger partial charge in [0.15, 0.2) is 45.9 Å². The van der Waals surface area contributed by atoms with Gasteiger partial charge in [-0.15, -0.1) is 0 Å². The quantitative estimate of drug-likeness (QED) is 0.0225. The predicted octanol–water partition coefficient (Wildman–Crippen LogP) is 20.5. The number of nitrogens with zero attached hydrogens (tertiary/aromatic N) is 8. The van der Waals surface area contributed by atoms with Gasteiger partial charge in [-0.1, -0.05) is 64.4 Å². The zero-order chi connectivity index (χ0) is 104. The second-order valence-electron chi connectivity index (χ2n) is 41.8. The van der Waals surface area contributed by atoms with Crippen molar-refractivity contribution in [1.82, 2.24) is 38.2 Å². The Morgan fingerprint density at radius 3 is 0.900 bits per heavy atom. The molecule has 0 spiro atoms. The topological polar surface area (TPSA) is 400 Å². The number of carboxylic acid groups (broad SMARTS) is 4. The molecule has 32 nitrogen and oxygen atoms in total. The second kappa shape index (κ2) is 47.2. The summed E-state index contributed by atoms with van der Waals surface area (Å²) in [4.78, 5) is 115. The lowest BCUT2D eigenvalue weighted by Gasteiger charge is -2.41. The van der Waals surface area contributed by atoms with Crippen LogP contribution in [0.5, 0.6) is 0 Å². The number of imidazole rings is 4. The van der Waals surface area contributed by atoms with Gasteiger partial charge < -0.3 is 95.5 Å². The van der Waals surface area contributed by atoms with Gasteiger partial charge in [-0.3, -0.25) is 19.2 Å². The molecule has 4 aliphatic heterocycles. The molecule has 4 fully saturated rings. The lowest BCUT2D eigenvalue weighted by Crippen LogP contribution is -2.46. The summed E-state index contributed by atoms with van der Waals surface area (Å²) in [5.41, 5.74) is 2.90. The average molecular weight is 1960 g/mol. The van der Waals surface area contributed by atoms with Crippen molar-refractivity contribution in [3.05, 3.63) is 166 Å². The lowest BCUT2D eigenvalue weighted by molar-refractivity contribution is -0.301. The summed E-state index contributed by atoms with van der Waals surface area (Å²) < 4.78 is 118. The number of rotatable bonds is 32. The summed E-state index contributed by atoms with van der Waals surface area (Å²) in [6.45, 7) is 47.8. The summed E-state index contributed by atoms with van der Waals surface area (Å²) in [6, 6.07) is 27.1. The molecule has 0 aliphatic carbocycles. The third-order valence-corrected chi connectivity index (χ3v) is 22.6. The Hall–Kier alpha value is -11.1. The van der Waals surface area contributed by atoms with Crippen LogP contribution in [0.2, 0.25) is 0 Å². The number of esters is 4. The number of carbonyl (C=O) groups is 8. The van der Waals surface area contributed by atoms with Crippen LogP contribution in [0.1, 0.15) is 320 Å². The van der Waals surface area contributed by atoms with Crippen molar-refractivity contribution in [3.63, 3.8) is 0 Å². The van der Waals surface area contributed by atoms with Crippen LogP contribution >= 0.6 is 0 Å². The molecular formula is C105H143F3N8O24. The van der Waals surface area contributed by atoms with Crippen LogP contribution in [-0.4, -0.2) is 201 Å². The third-order valence-electron chi connectivity index (χ3n) is 22.6. The molecule has 4 N–H and O–H groups in total. The number of carbonyl (C=O) groups excluding carboxylic acids is 4. The van der Waals surface area contributed by atoms with Crippen LogP contribution in [0, 0.1) is 24.4 Å². The molecule has 4 aliphatic rings. The highest BCUT2D eigenvalue weighted by atomic mass is 19.1. The molecule has 8 aromatic rings. The van der Waals surface area contributed by atoms with Gasteiger partial charge in [-0.2, -0.15) is 0 Å². The van der Waals surface area contributed by atoms with Gasteiger partial charge in [0.1, 0.15) is 63.2 Å². The van der Waals surface area contributed by atoms with E-state index in [1.807, 2.05) is 201 Å². The molecule has 8 heterocycles. The highest BCUT2D eigenvalue weighted by molar-refractivity contribution is 5.90. The molecule has 140 heavy (non-hydrogen) atoms. The molecule has 0 amide bonds. The normalized spacial score (nSPS) is 20.0. The van der Waals surface area contributed by atoms with Gasteiger partial charge in [0, 0.05) is 79.8 Å². The van der Waals surface area contributed by atoms with Gasteiger partial charge >= 0.3 is 47.8 Å². The van der Waals surface area contributed by atoms with Crippen molar-refractivity contribution in [1.29, 1.82) is 0 Å². The van der Waals surface area contributed by atoms with E-state index in [0.717, 1.165) is 12.0 Å². The maximum Gasteiger partial charge on any atom is 0.356 e. The van der Waals surface area contributed by atoms with Crippen molar-refractivity contribution in [2.24, 2.45) is 0 Å². The molecule has 8 atom stereocenters. The number of hydrogen-bond acceptors (Lipinski definition) is 24. The first kappa shape index (κ1) is 113. The fraction of sp³-hybridized carbons (Fsp3) is 0.581. The summed E-state index contributed by atoms with van der Waals surface area (Å²) in [5.74, 6) is -8.29. The van der Waals surface area contributed by atoms with E-state index in [-0.39, 0.29) is 145 Å². The van der Waals surface area contributed by atoms with Gasteiger partial charge in [-0.05, 0) is 263 Å². The molecule has 35 heteroatoms. The molecule has 0 saturated carbocycles. The fourth-order valence-electron chi connectivity index (χ4n) is 17.8. The van der Waals surface area contributed by atoms with E-state index in [0.29, 0.717) is 153 Å². The molecule has 4 saturated heterocycles. The van der Waals surface area contributed by atoms with E-state index in [1.54, 1.807) is 57.2 Å². The number of ether oxygens (including phenoxy) is 12. The number of benzene rings is 4. The van der Waals surface area contributed by atoms with Crippen LogP contribution in [0.4, 0.5) is 13.2 Å². The average Bonchev–Trinajstić information content (AvgIpc) is 1.63. The minimum absolute atomic E-state index is 0.00667. The zero-order valence-corrected chi connectivity index (χ0v) is 85.6. The Morgan fingerprint density at radius 1 is 0.364 bits per heavy atom. The van der Waals surface area contributed by atoms with Crippen LogP contribution < -0.4 is 0 Å². The van der Waals surface area contributed by atoms with Gasteiger partial charge in [0.2, 0.25) is 0 Å². The van der Waals surface area contributed by atoms with Crippen molar-refractivity contribution >= 4 is 47.8 Å². The highest BCUT2D eigenvalue weighted by Gasteiger charge is 2.44. The van der Waals surface area contributed by atoms with Gasteiger partial charge in [-0.25, -0.2) is 52.3 Å². The van der Waals surface area contributed by atoms with E-state index < -0.39 is 69.4 Å². The molecule has 12 rings (SSSR count). The molecular weight excluding hydrogens is 1810 g/mol. The summed E-state index contributed by atoms with van der Waals surface area (Å²) in [7, 11) is 0. The fourth-order valence-corrected chi connectivity index (χ4v) is 17.8. The SMILES string of the molecule is CC(C)c1c(C(=O)O)nc(-c2ccccc2)n1CC[C@@H]1C[C@H](CC(=O)OC(C)(C)C)OC(C)(C)O1.CCCc1c(C(=O)O)nc(-c2ccc(F)cc2)n1CC[C@@H]1C[C@H](CC(=O)OC(C)(C)C)OC(C)(C)O1.CCc1c(C(=O)O)nc(-c2ccc(F)cc2)n1CC[C@@H]1C[C@H](CC(=O)OC(C)(C)C)OC(C)(C)O1.Cc1c(C(=O)O)nc(-c2ccc(F)cc2)n1CC[C@@H]1C[C@H](CC(=O)OC(C)(C)C)OC(C)(C)O1. The maximum atomic E-state index is 13.5. The molecule has 0 bridgehead atoms. The summed E-state index contributed by atoms with van der Waals surface area (Å²) in [5, 5.41) is 38.9. The van der Waals surface area contributed by atoms with Crippen LogP contribution in [0.15, 0.2) is 103 Å². The molecule has 768 valence electrons. The molecule has 4 aromatic heterocycles. The number of halogens is 3. The number of hydrogen-bond donors (Lipinski definition) is 4. The minimum Gasteiger partial charge on any atom is -0.476 e. The Kier molecular flexibility index (Phi) is 38.0. The number of carboxylic acids is 4. The van der Waals surface area contributed by atoms with E-state index in [9.17, 15) is 72.0 Å². The van der Waals surface area contributed by atoms with Gasteiger partial charge in [0.25, 0.3) is 0 Å². The maximum absolute atomic E-state index is 13.5. The first-order valence-electron chi connectivity index (χ1n) is 48.0. The van der Waals surface area contributed by atoms with E-state index in [4.69, 9.17) is 56.8 Å². The molecule has 4 aromatic carbocycles. The Labute approximate surface area is 818 Å². The molecule has 0 radical (unpaired) electrons. The van der Waals surface area contributed by atoms with Crippen molar-refractivity contribution < 1.29 is 129 Å². The Bertz CT molecular complexity index is 5560. The van der Waals surface area contributed by atoms with Crippen LogP contribution in [0.3, 0.4) is 0 Å². The highest BCUT2D eigenvalue weighted by Crippen LogP contribution is 2.40. The van der Waals surface area contributed by atoms with Crippen molar-refractivity contribution in [2.45, 2.75) is 396 Å².